The van der Waals surface area contributed by atoms with Crippen LogP contribution in [0.25, 0.3) is 0 Å². The van der Waals surface area contributed by atoms with Crippen molar-refractivity contribution in [2.24, 2.45) is 0 Å². The highest BCUT2D eigenvalue weighted by Crippen LogP contribution is 2.26. The molecule has 2 aromatic rings. The topological polar surface area (TPSA) is 110 Å². The number of ether oxygens (including phenoxy) is 1. The zero-order valence-corrected chi connectivity index (χ0v) is 11.8. The van der Waals surface area contributed by atoms with Gasteiger partial charge in [0.25, 0.3) is 0 Å². The molecule has 0 spiro atoms. The Labute approximate surface area is 126 Å². The monoisotopic (exact) mass is 301 g/mol. The van der Waals surface area contributed by atoms with Gasteiger partial charge >= 0.3 is 11.9 Å². The Bertz CT molecular complexity index is 726. The molecule has 0 radical (unpaired) electrons. The van der Waals surface area contributed by atoms with E-state index < -0.39 is 18.0 Å². The first kappa shape index (κ1) is 15.5. The number of hydrogen-bond donors (Lipinski definition) is 3. The molecule has 0 heterocycles. The molecule has 2 rings (SSSR count). The number of benzene rings is 2. The van der Waals surface area contributed by atoms with Crippen LogP contribution < -0.4 is 5.73 Å². The number of nitrogens with two attached hydrogens (primary N) is 1. The molecule has 6 nitrogen and oxygen atoms in total. The highest BCUT2D eigenvalue weighted by molar-refractivity contribution is 5.93. The van der Waals surface area contributed by atoms with E-state index in [1.54, 1.807) is 18.2 Å². The van der Waals surface area contributed by atoms with Crippen molar-refractivity contribution < 1.29 is 24.5 Å². The minimum atomic E-state index is -1.13. The number of carboxylic acid groups (broad SMARTS) is 1. The quantitative estimate of drug-likeness (QED) is 0.587. The van der Waals surface area contributed by atoms with Crippen LogP contribution in [0, 0.1) is 0 Å². The number of aromatic carboxylic acids is 1. The van der Waals surface area contributed by atoms with E-state index in [9.17, 15) is 14.7 Å². The van der Waals surface area contributed by atoms with Gasteiger partial charge in [-0.25, -0.2) is 9.59 Å². The SMILES string of the molecule is COC(=O)c1cccc(C(O)c2ccc(C(=O)O)c(N)c2)c1. The fourth-order valence-electron chi connectivity index (χ4n) is 2.09. The Morgan fingerprint density at radius 2 is 1.82 bits per heavy atom. The van der Waals surface area contributed by atoms with Crippen LogP contribution in [0.3, 0.4) is 0 Å². The van der Waals surface area contributed by atoms with Gasteiger partial charge in [0.2, 0.25) is 0 Å². The molecule has 0 amide bonds. The van der Waals surface area contributed by atoms with Crippen LogP contribution in [-0.4, -0.2) is 29.3 Å². The number of nitrogen functional groups attached to an aromatic ring is 1. The van der Waals surface area contributed by atoms with Gasteiger partial charge in [-0.2, -0.15) is 0 Å². The summed E-state index contributed by atoms with van der Waals surface area (Å²) in [5, 5.41) is 19.3. The number of anilines is 1. The summed E-state index contributed by atoms with van der Waals surface area (Å²) in [5.41, 5.74) is 6.93. The molecule has 4 N–H and O–H groups in total. The zero-order valence-electron chi connectivity index (χ0n) is 11.8. The highest BCUT2D eigenvalue weighted by atomic mass is 16.5. The Hall–Kier alpha value is -2.86. The van der Waals surface area contributed by atoms with Crippen LogP contribution in [-0.2, 0) is 4.74 Å². The van der Waals surface area contributed by atoms with Crippen LogP contribution in [0.4, 0.5) is 5.69 Å². The molecule has 0 aliphatic rings. The summed E-state index contributed by atoms with van der Waals surface area (Å²) in [7, 11) is 1.27. The van der Waals surface area contributed by atoms with Gasteiger partial charge in [0, 0.05) is 5.69 Å². The number of carbonyl (C=O) groups is 2. The first-order valence-corrected chi connectivity index (χ1v) is 6.43. The maximum absolute atomic E-state index is 11.5. The number of hydrogen-bond acceptors (Lipinski definition) is 5. The van der Waals surface area contributed by atoms with Crippen LogP contribution in [0.5, 0.6) is 0 Å². The number of aliphatic hydroxyl groups excluding tert-OH is 1. The van der Waals surface area contributed by atoms with Gasteiger partial charge < -0.3 is 20.7 Å². The van der Waals surface area contributed by atoms with E-state index in [1.165, 1.54) is 31.4 Å². The predicted octanol–water partition coefficient (Wildman–Crippen LogP) is 1.84. The van der Waals surface area contributed by atoms with Crippen molar-refractivity contribution in [3.63, 3.8) is 0 Å². The lowest BCUT2D eigenvalue weighted by Crippen LogP contribution is -2.07. The molecule has 0 fully saturated rings. The van der Waals surface area contributed by atoms with Crippen molar-refractivity contribution in [2.75, 3.05) is 12.8 Å². The van der Waals surface area contributed by atoms with Crippen molar-refractivity contribution >= 4 is 17.6 Å². The van der Waals surface area contributed by atoms with Crippen LogP contribution >= 0.6 is 0 Å². The third-order valence-electron chi connectivity index (χ3n) is 3.25. The average molecular weight is 301 g/mol. The van der Waals surface area contributed by atoms with Gasteiger partial charge in [-0.05, 0) is 35.4 Å². The third-order valence-corrected chi connectivity index (χ3v) is 3.25. The molecule has 0 bridgehead atoms. The number of carbonyl (C=O) groups excluding carboxylic acids is 1. The Morgan fingerprint density at radius 3 is 2.41 bits per heavy atom. The molecule has 2 aromatic carbocycles. The molecule has 114 valence electrons. The van der Waals surface area contributed by atoms with Crippen LogP contribution in [0.1, 0.15) is 37.9 Å². The van der Waals surface area contributed by atoms with E-state index in [4.69, 9.17) is 10.8 Å². The van der Waals surface area contributed by atoms with Gasteiger partial charge in [0.15, 0.2) is 0 Å². The Morgan fingerprint density at radius 1 is 1.14 bits per heavy atom. The van der Waals surface area contributed by atoms with Crippen molar-refractivity contribution in [3.05, 3.63) is 64.7 Å². The molecule has 0 saturated carbocycles. The van der Waals surface area contributed by atoms with Gasteiger partial charge in [0.05, 0.1) is 18.2 Å². The predicted molar refractivity (Wildman–Crippen MR) is 79.7 cm³/mol. The van der Waals surface area contributed by atoms with E-state index in [2.05, 4.69) is 4.74 Å². The summed E-state index contributed by atoms with van der Waals surface area (Å²) in [6.45, 7) is 0. The van der Waals surface area contributed by atoms with E-state index >= 15 is 0 Å². The van der Waals surface area contributed by atoms with Crippen molar-refractivity contribution in [1.29, 1.82) is 0 Å². The fraction of sp³-hybridized carbons (Fsp3) is 0.125. The van der Waals surface area contributed by atoms with E-state index in [1.807, 2.05) is 0 Å². The number of carboxylic acids is 1. The standard InChI is InChI=1S/C16H15NO5/c1-22-16(21)11-4-2-3-9(7-11)14(18)10-5-6-12(15(19)20)13(17)8-10/h2-8,14,18H,17H2,1H3,(H,19,20). The third kappa shape index (κ3) is 3.07. The summed E-state index contributed by atoms with van der Waals surface area (Å²) < 4.78 is 4.63. The summed E-state index contributed by atoms with van der Waals surface area (Å²) in [6.07, 6.45) is -1.03. The smallest absolute Gasteiger partial charge is 0.337 e. The summed E-state index contributed by atoms with van der Waals surface area (Å²) in [6, 6.07) is 10.6. The van der Waals surface area contributed by atoms with Gasteiger partial charge in [-0.3, -0.25) is 0 Å². The lowest BCUT2D eigenvalue weighted by Gasteiger charge is -2.14. The molecular formula is C16H15NO5. The first-order valence-electron chi connectivity index (χ1n) is 6.43. The second-order valence-corrected chi connectivity index (χ2v) is 4.67. The normalized spacial score (nSPS) is 11.7. The molecule has 0 aliphatic heterocycles. The molecule has 0 aromatic heterocycles. The van der Waals surface area contributed by atoms with Crippen LogP contribution in [0.2, 0.25) is 0 Å². The molecule has 0 saturated heterocycles. The van der Waals surface area contributed by atoms with Crippen molar-refractivity contribution in [3.8, 4) is 0 Å². The van der Waals surface area contributed by atoms with Gasteiger partial charge in [-0.15, -0.1) is 0 Å². The second-order valence-electron chi connectivity index (χ2n) is 4.67. The molecule has 1 unspecified atom stereocenters. The number of aliphatic hydroxyl groups is 1. The van der Waals surface area contributed by atoms with Crippen molar-refractivity contribution in [2.45, 2.75) is 6.10 Å². The lowest BCUT2D eigenvalue weighted by molar-refractivity contribution is 0.0599. The number of rotatable bonds is 4. The minimum absolute atomic E-state index is 0.0285. The fourth-order valence-corrected chi connectivity index (χ4v) is 2.09. The molecule has 1 atom stereocenters. The highest BCUT2D eigenvalue weighted by Gasteiger charge is 2.16. The van der Waals surface area contributed by atoms with E-state index in [0.29, 0.717) is 16.7 Å². The Balaban J connectivity index is 2.36. The molecule has 6 heteroatoms. The van der Waals surface area contributed by atoms with Crippen LogP contribution in [0.15, 0.2) is 42.5 Å². The van der Waals surface area contributed by atoms with Crippen molar-refractivity contribution in [1.82, 2.24) is 0 Å². The zero-order chi connectivity index (χ0) is 16.3. The maximum Gasteiger partial charge on any atom is 0.337 e. The van der Waals surface area contributed by atoms with Gasteiger partial charge in [-0.1, -0.05) is 18.2 Å². The Kier molecular flexibility index (Phi) is 4.43. The summed E-state index contributed by atoms with van der Waals surface area (Å²) >= 11 is 0. The molecule has 0 aliphatic carbocycles. The summed E-state index contributed by atoms with van der Waals surface area (Å²) in [4.78, 5) is 22.4. The first-order chi connectivity index (χ1) is 10.4. The lowest BCUT2D eigenvalue weighted by atomic mass is 9.98. The molecular weight excluding hydrogens is 286 g/mol. The number of methoxy groups -OCH3 is 1. The molecule has 22 heavy (non-hydrogen) atoms. The van der Waals surface area contributed by atoms with Gasteiger partial charge in [0.1, 0.15) is 6.10 Å². The minimum Gasteiger partial charge on any atom is -0.478 e. The van der Waals surface area contributed by atoms with E-state index in [0.717, 1.165) is 0 Å². The largest absolute Gasteiger partial charge is 0.478 e. The number of esters is 1. The second kappa shape index (κ2) is 6.28. The average Bonchev–Trinajstić information content (AvgIpc) is 2.53. The maximum atomic E-state index is 11.5. The van der Waals surface area contributed by atoms with E-state index in [-0.39, 0.29) is 11.3 Å². The summed E-state index contributed by atoms with van der Waals surface area (Å²) in [5.74, 6) is -1.64.